The minimum absolute atomic E-state index is 0.135. The molecular formula is C21H11BrCl2N4. The van der Waals surface area contributed by atoms with E-state index in [1.54, 1.807) is 18.2 Å². The fourth-order valence-electron chi connectivity index (χ4n) is 2.98. The number of anilines is 1. The number of fused-ring (bicyclic) bond motifs is 1. The SMILES string of the molecule is N#Cc1c(-c2cc3cc(Br)ccc3nc2Cl)cc(-c2ccc(Cl)cc2)nc1N. The van der Waals surface area contributed by atoms with Gasteiger partial charge in [0.2, 0.25) is 0 Å². The van der Waals surface area contributed by atoms with Crippen LogP contribution in [0.3, 0.4) is 0 Å². The number of rotatable bonds is 2. The largest absolute Gasteiger partial charge is 0.383 e. The summed E-state index contributed by atoms with van der Waals surface area (Å²) in [6.45, 7) is 0. The molecule has 0 radical (unpaired) electrons. The lowest BCUT2D eigenvalue weighted by molar-refractivity contribution is 1.30. The van der Waals surface area contributed by atoms with Crippen molar-refractivity contribution in [3.63, 3.8) is 0 Å². The van der Waals surface area contributed by atoms with Gasteiger partial charge in [0.15, 0.2) is 0 Å². The van der Waals surface area contributed by atoms with Crippen molar-refractivity contribution in [3.05, 3.63) is 74.8 Å². The van der Waals surface area contributed by atoms with Gasteiger partial charge in [0, 0.05) is 31.6 Å². The predicted octanol–water partition coefficient (Wildman–Crippen LogP) is 6.49. The molecule has 0 amide bonds. The van der Waals surface area contributed by atoms with Crippen LogP contribution in [-0.4, -0.2) is 9.97 Å². The molecular weight excluding hydrogens is 459 g/mol. The molecule has 0 fully saturated rings. The van der Waals surface area contributed by atoms with E-state index in [2.05, 4.69) is 32.0 Å². The highest BCUT2D eigenvalue weighted by Crippen LogP contribution is 2.36. The second-order valence-electron chi connectivity index (χ2n) is 6.10. The van der Waals surface area contributed by atoms with Gasteiger partial charge in [-0.15, -0.1) is 0 Å². The third-order valence-corrected chi connectivity index (χ3v) is 5.35. The van der Waals surface area contributed by atoms with Gasteiger partial charge in [0.25, 0.3) is 0 Å². The summed E-state index contributed by atoms with van der Waals surface area (Å²) in [5, 5.41) is 11.5. The number of halogens is 3. The van der Waals surface area contributed by atoms with Crippen LogP contribution in [0.15, 0.2) is 59.1 Å². The second kappa shape index (κ2) is 7.40. The van der Waals surface area contributed by atoms with E-state index in [4.69, 9.17) is 28.9 Å². The van der Waals surface area contributed by atoms with Gasteiger partial charge in [-0.25, -0.2) is 9.97 Å². The lowest BCUT2D eigenvalue weighted by atomic mass is 9.98. The molecule has 0 aliphatic heterocycles. The van der Waals surface area contributed by atoms with Crippen LogP contribution >= 0.6 is 39.1 Å². The number of aromatic nitrogens is 2. The number of nitriles is 1. The highest BCUT2D eigenvalue weighted by Gasteiger charge is 2.17. The Kier molecular flexibility index (Phi) is 4.94. The van der Waals surface area contributed by atoms with Crippen LogP contribution in [0.5, 0.6) is 0 Å². The Bertz CT molecular complexity index is 1260. The van der Waals surface area contributed by atoms with Crippen LogP contribution in [0.1, 0.15) is 5.56 Å². The van der Waals surface area contributed by atoms with Gasteiger partial charge in [-0.2, -0.15) is 5.26 Å². The summed E-state index contributed by atoms with van der Waals surface area (Å²) in [7, 11) is 0. The highest BCUT2D eigenvalue weighted by atomic mass is 79.9. The van der Waals surface area contributed by atoms with Gasteiger partial charge in [-0.3, -0.25) is 0 Å². The van der Waals surface area contributed by atoms with Crippen molar-refractivity contribution in [1.29, 1.82) is 5.26 Å². The first kappa shape index (κ1) is 18.7. The monoisotopic (exact) mass is 468 g/mol. The fourth-order valence-corrected chi connectivity index (χ4v) is 3.73. The number of benzene rings is 2. The van der Waals surface area contributed by atoms with Crippen LogP contribution in [0.4, 0.5) is 5.82 Å². The molecule has 2 aromatic heterocycles. The topological polar surface area (TPSA) is 75.6 Å². The summed E-state index contributed by atoms with van der Waals surface area (Å²) >= 11 is 15.9. The molecule has 4 aromatic rings. The van der Waals surface area contributed by atoms with Gasteiger partial charge in [0.1, 0.15) is 22.6 Å². The number of nitrogen functional groups attached to an aromatic ring is 1. The van der Waals surface area contributed by atoms with E-state index >= 15 is 0 Å². The minimum Gasteiger partial charge on any atom is -0.383 e. The van der Waals surface area contributed by atoms with Crippen LogP contribution < -0.4 is 5.73 Å². The summed E-state index contributed by atoms with van der Waals surface area (Å²) in [6.07, 6.45) is 0. The number of hydrogen-bond acceptors (Lipinski definition) is 4. The van der Waals surface area contributed by atoms with Gasteiger partial charge in [-0.05, 0) is 42.5 Å². The molecule has 0 saturated carbocycles. The van der Waals surface area contributed by atoms with Crippen molar-refractivity contribution in [1.82, 2.24) is 9.97 Å². The summed E-state index contributed by atoms with van der Waals surface area (Å²) in [4.78, 5) is 8.85. The van der Waals surface area contributed by atoms with E-state index in [0.29, 0.717) is 27.0 Å². The molecule has 28 heavy (non-hydrogen) atoms. The normalized spacial score (nSPS) is 10.8. The van der Waals surface area contributed by atoms with E-state index in [0.717, 1.165) is 20.9 Å². The molecule has 4 nitrogen and oxygen atoms in total. The van der Waals surface area contributed by atoms with E-state index in [-0.39, 0.29) is 11.4 Å². The van der Waals surface area contributed by atoms with Crippen LogP contribution in [0.25, 0.3) is 33.3 Å². The minimum atomic E-state index is 0.135. The van der Waals surface area contributed by atoms with Crippen LogP contribution in [0, 0.1) is 11.3 Å². The summed E-state index contributed by atoms with van der Waals surface area (Å²) in [5.74, 6) is 0.135. The first-order chi connectivity index (χ1) is 13.5. The zero-order valence-electron chi connectivity index (χ0n) is 14.2. The first-order valence-corrected chi connectivity index (χ1v) is 9.74. The molecule has 0 saturated heterocycles. The van der Waals surface area contributed by atoms with E-state index in [1.807, 2.05) is 36.4 Å². The Morgan fingerprint density at radius 1 is 0.929 bits per heavy atom. The molecule has 0 bridgehead atoms. The molecule has 0 spiro atoms. The third-order valence-electron chi connectivity index (χ3n) is 4.32. The Labute approximate surface area is 179 Å². The summed E-state index contributed by atoms with van der Waals surface area (Å²) < 4.78 is 0.923. The van der Waals surface area contributed by atoms with Gasteiger partial charge < -0.3 is 5.73 Å². The zero-order chi connectivity index (χ0) is 19.8. The maximum Gasteiger partial charge on any atom is 0.142 e. The average molecular weight is 470 g/mol. The Balaban J connectivity index is 1.98. The van der Waals surface area contributed by atoms with Gasteiger partial charge >= 0.3 is 0 Å². The fraction of sp³-hybridized carbons (Fsp3) is 0. The van der Waals surface area contributed by atoms with Crippen LogP contribution in [0.2, 0.25) is 10.2 Å². The quantitative estimate of drug-likeness (QED) is 0.340. The van der Waals surface area contributed by atoms with Crippen molar-refractivity contribution < 1.29 is 0 Å². The summed E-state index contributed by atoms with van der Waals surface area (Å²) in [6, 6.07) is 18.8. The molecule has 2 N–H and O–H groups in total. The van der Waals surface area contributed by atoms with E-state index in [1.165, 1.54) is 0 Å². The zero-order valence-corrected chi connectivity index (χ0v) is 17.3. The predicted molar refractivity (Wildman–Crippen MR) is 117 cm³/mol. The molecule has 136 valence electrons. The first-order valence-electron chi connectivity index (χ1n) is 8.19. The van der Waals surface area contributed by atoms with Crippen molar-refractivity contribution in [3.8, 4) is 28.5 Å². The summed E-state index contributed by atoms with van der Waals surface area (Å²) in [5.41, 5.74) is 9.76. The molecule has 7 heteroatoms. The lowest BCUT2D eigenvalue weighted by Crippen LogP contribution is -2.00. The molecule has 0 unspecified atom stereocenters. The van der Waals surface area contributed by atoms with E-state index < -0.39 is 0 Å². The Morgan fingerprint density at radius 3 is 2.39 bits per heavy atom. The molecule has 0 aliphatic rings. The van der Waals surface area contributed by atoms with Crippen LogP contribution in [-0.2, 0) is 0 Å². The maximum absolute atomic E-state index is 9.65. The number of pyridine rings is 2. The molecule has 0 aliphatic carbocycles. The number of nitrogens with zero attached hydrogens (tertiary/aromatic N) is 3. The van der Waals surface area contributed by atoms with Crippen molar-refractivity contribution >= 4 is 55.9 Å². The molecule has 0 atom stereocenters. The number of hydrogen-bond donors (Lipinski definition) is 1. The van der Waals surface area contributed by atoms with Gasteiger partial charge in [0.05, 0.1) is 11.2 Å². The molecule has 2 heterocycles. The Hall–Kier alpha value is -2.65. The smallest absolute Gasteiger partial charge is 0.142 e. The third kappa shape index (κ3) is 3.43. The van der Waals surface area contributed by atoms with Gasteiger partial charge in [-0.1, -0.05) is 51.3 Å². The van der Waals surface area contributed by atoms with E-state index in [9.17, 15) is 5.26 Å². The van der Waals surface area contributed by atoms with Crippen molar-refractivity contribution in [2.45, 2.75) is 0 Å². The maximum atomic E-state index is 9.65. The number of nitrogens with two attached hydrogens (primary N) is 1. The standard InChI is InChI=1S/C21H11BrCl2N4/c22-13-3-6-18-12(7-13)8-16(20(24)27-18)15-9-19(28-21(26)17(15)10-25)11-1-4-14(23)5-2-11/h1-9H,(H2,26,28). The lowest BCUT2D eigenvalue weighted by Gasteiger charge is -2.12. The van der Waals surface area contributed by atoms with Crippen molar-refractivity contribution in [2.75, 3.05) is 5.73 Å². The molecule has 4 rings (SSSR count). The molecule has 2 aromatic carbocycles. The average Bonchev–Trinajstić information content (AvgIpc) is 2.67. The second-order valence-corrected chi connectivity index (χ2v) is 7.81. The Morgan fingerprint density at radius 2 is 1.68 bits per heavy atom. The van der Waals surface area contributed by atoms with Crippen molar-refractivity contribution in [2.24, 2.45) is 0 Å². The highest BCUT2D eigenvalue weighted by molar-refractivity contribution is 9.10.